The van der Waals surface area contributed by atoms with Crippen LogP contribution in [0.25, 0.3) is 15.8 Å². The van der Waals surface area contributed by atoms with Gasteiger partial charge in [0.25, 0.3) is 5.91 Å². The number of methoxy groups -OCH3 is 1. The monoisotopic (exact) mass is 499 g/mol. The van der Waals surface area contributed by atoms with Gasteiger partial charge in [0.2, 0.25) is 0 Å². The largest absolute Gasteiger partial charge is 0.541 e. The van der Waals surface area contributed by atoms with E-state index in [9.17, 15) is 13.2 Å². The summed E-state index contributed by atoms with van der Waals surface area (Å²) < 4.78 is 34.6. The van der Waals surface area contributed by atoms with Crippen molar-refractivity contribution in [3.63, 3.8) is 0 Å². The summed E-state index contributed by atoms with van der Waals surface area (Å²) in [6.07, 6.45) is 1.82. The number of nitrogens with one attached hydrogen (secondary N) is 1. The van der Waals surface area contributed by atoms with E-state index >= 15 is 0 Å². The zero-order valence-corrected chi connectivity index (χ0v) is 20.8. The van der Waals surface area contributed by atoms with E-state index in [1.54, 1.807) is 25.3 Å². The number of ether oxygens (including phenoxy) is 1. The van der Waals surface area contributed by atoms with Crippen LogP contribution in [0.2, 0.25) is 5.02 Å². The SMILES string of the molecule is CCCc1ccccc1-c1cc(C(=O)NCCOC)ccc1C[N-]S(=O)(=O)c1ccc(Cl)cc1. The molecule has 0 fully saturated rings. The number of hydrogen-bond acceptors (Lipinski definition) is 4. The number of carbonyl (C=O) groups is 1. The molecule has 6 nitrogen and oxygen atoms in total. The van der Waals surface area contributed by atoms with Gasteiger partial charge in [0.1, 0.15) is 10.0 Å². The smallest absolute Gasteiger partial charge is 0.251 e. The number of rotatable bonds is 11. The van der Waals surface area contributed by atoms with E-state index in [-0.39, 0.29) is 17.3 Å². The van der Waals surface area contributed by atoms with Crippen molar-refractivity contribution in [2.24, 2.45) is 0 Å². The highest BCUT2D eigenvalue weighted by Gasteiger charge is 2.13. The van der Waals surface area contributed by atoms with Crippen molar-refractivity contribution in [1.82, 2.24) is 5.32 Å². The maximum Gasteiger partial charge on any atom is 0.251 e. The molecule has 0 aliphatic carbocycles. The van der Waals surface area contributed by atoms with Gasteiger partial charge in [-0.25, -0.2) is 8.42 Å². The molecule has 0 aliphatic heterocycles. The van der Waals surface area contributed by atoms with Crippen LogP contribution < -0.4 is 5.32 Å². The molecule has 34 heavy (non-hydrogen) atoms. The first-order valence-electron chi connectivity index (χ1n) is 11.0. The predicted octanol–water partition coefficient (Wildman–Crippen LogP) is 5.60. The molecule has 0 aromatic heterocycles. The van der Waals surface area contributed by atoms with Crippen LogP contribution in [0.5, 0.6) is 0 Å². The molecule has 0 heterocycles. The van der Waals surface area contributed by atoms with Gasteiger partial charge in [-0.05, 0) is 59.5 Å². The van der Waals surface area contributed by atoms with Crippen LogP contribution in [-0.4, -0.2) is 34.6 Å². The van der Waals surface area contributed by atoms with Crippen molar-refractivity contribution >= 4 is 27.5 Å². The average molecular weight is 500 g/mol. The summed E-state index contributed by atoms with van der Waals surface area (Å²) in [5, 5.41) is 3.28. The molecule has 8 heteroatoms. The van der Waals surface area contributed by atoms with Crippen molar-refractivity contribution in [3.8, 4) is 11.1 Å². The molecule has 3 aromatic rings. The quantitative estimate of drug-likeness (QED) is 0.348. The van der Waals surface area contributed by atoms with E-state index in [2.05, 4.69) is 23.0 Å². The molecular weight excluding hydrogens is 472 g/mol. The Balaban J connectivity index is 1.96. The fraction of sp³-hybridized carbons (Fsp3) is 0.269. The number of amides is 1. The van der Waals surface area contributed by atoms with Crippen LogP contribution in [0.1, 0.15) is 34.8 Å². The molecule has 0 aliphatic rings. The molecule has 3 rings (SSSR count). The van der Waals surface area contributed by atoms with Gasteiger partial charge in [0.15, 0.2) is 0 Å². The standard InChI is InChI=1S/C26H28ClN2O4S/c1-3-6-19-7-4-5-8-24(19)25-17-20(26(30)28-15-16-33-2)9-10-21(25)18-29-34(31,32)23-13-11-22(27)12-14-23/h4-5,7-14,17H,3,6,15-16,18H2,1-2H3,(H,28,30)/q-1. The highest BCUT2D eigenvalue weighted by atomic mass is 35.5. The Morgan fingerprint density at radius 3 is 2.44 bits per heavy atom. The highest BCUT2D eigenvalue weighted by Crippen LogP contribution is 2.32. The normalized spacial score (nSPS) is 11.4. The summed E-state index contributed by atoms with van der Waals surface area (Å²) in [7, 11) is -2.29. The van der Waals surface area contributed by atoms with Crippen molar-refractivity contribution in [2.45, 2.75) is 31.2 Å². The minimum Gasteiger partial charge on any atom is -0.541 e. The molecule has 180 valence electrons. The van der Waals surface area contributed by atoms with E-state index in [1.807, 2.05) is 18.2 Å². The minimum absolute atomic E-state index is 0.0493. The third kappa shape index (κ3) is 6.67. The molecule has 0 unspecified atom stereocenters. The Morgan fingerprint density at radius 2 is 1.74 bits per heavy atom. The van der Waals surface area contributed by atoms with Gasteiger partial charge in [-0.1, -0.05) is 60.8 Å². The second-order valence-electron chi connectivity index (χ2n) is 7.74. The highest BCUT2D eigenvalue weighted by molar-refractivity contribution is 7.94. The Labute approximate surface area is 206 Å². The van der Waals surface area contributed by atoms with Crippen LogP contribution in [0.15, 0.2) is 71.6 Å². The summed E-state index contributed by atoms with van der Waals surface area (Å²) in [4.78, 5) is 12.7. The Bertz CT molecular complexity index is 1230. The molecule has 0 spiro atoms. The minimum atomic E-state index is -3.86. The number of sulfonamides is 1. The third-order valence-corrected chi connectivity index (χ3v) is 6.90. The maximum atomic E-state index is 12.8. The van der Waals surface area contributed by atoms with Crippen LogP contribution in [0.3, 0.4) is 0 Å². The van der Waals surface area contributed by atoms with E-state index in [1.165, 1.54) is 24.3 Å². The number of nitrogens with zero attached hydrogens (tertiary/aromatic N) is 1. The molecule has 0 bridgehead atoms. The Morgan fingerprint density at radius 1 is 1.00 bits per heavy atom. The molecule has 0 atom stereocenters. The topological polar surface area (TPSA) is 86.6 Å². The number of benzene rings is 3. The number of halogens is 1. The van der Waals surface area contributed by atoms with E-state index in [4.69, 9.17) is 16.3 Å². The number of carbonyl (C=O) groups excluding carboxylic acids is 1. The Hall–Kier alpha value is -2.71. The van der Waals surface area contributed by atoms with Crippen LogP contribution in [-0.2, 0) is 27.7 Å². The van der Waals surface area contributed by atoms with Crippen molar-refractivity contribution < 1.29 is 17.9 Å². The van der Waals surface area contributed by atoms with Gasteiger partial charge < -0.3 is 14.8 Å². The van der Waals surface area contributed by atoms with Crippen molar-refractivity contribution in [3.05, 3.63) is 93.2 Å². The van der Waals surface area contributed by atoms with Crippen molar-refractivity contribution in [2.75, 3.05) is 20.3 Å². The zero-order chi connectivity index (χ0) is 24.6. The van der Waals surface area contributed by atoms with Gasteiger partial charge in [0.05, 0.1) is 6.61 Å². The average Bonchev–Trinajstić information content (AvgIpc) is 2.84. The second kappa shape index (κ2) is 12.1. The van der Waals surface area contributed by atoms with Crippen LogP contribution in [0.4, 0.5) is 0 Å². The summed E-state index contributed by atoms with van der Waals surface area (Å²) in [5.74, 6) is -0.219. The lowest BCUT2D eigenvalue weighted by Gasteiger charge is -2.23. The van der Waals surface area contributed by atoms with Crippen LogP contribution >= 0.6 is 11.6 Å². The van der Waals surface area contributed by atoms with Gasteiger partial charge in [-0.15, -0.1) is 6.54 Å². The summed E-state index contributed by atoms with van der Waals surface area (Å²) >= 11 is 5.88. The molecule has 3 aromatic carbocycles. The molecule has 1 N–H and O–H groups in total. The summed E-state index contributed by atoms with van der Waals surface area (Å²) in [5.41, 5.74) is 4.09. The maximum absolute atomic E-state index is 12.8. The first-order valence-corrected chi connectivity index (χ1v) is 12.8. The van der Waals surface area contributed by atoms with E-state index < -0.39 is 10.0 Å². The van der Waals surface area contributed by atoms with Crippen molar-refractivity contribution in [1.29, 1.82) is 0 Å². The molecule has 0 saturated heterocycles. The first-order chi connectivity index (χ1) is 16.4. The zero-order valence-electron chi connectivity index (χ0n) is 19.3. The first kappa shape index (κ1) is 25.9. The third-order valence-electron chi connectivity index (χ3n) is 5.31. The fourth-order valence-electron chi connectivity index (χ4n) is 3.58. The Kier molecular flexibility index (Phi) is 9.24. The lowest BCUT2D eigenvalue weighted by molar-refractivity contribution is 0.0937. The summed E-state index contributed by atoms with van der Waals surface area (Å²) in [6, 6.07) is 19.1. The van der Waals surface area contributed by atoms with Gasteiger partial charge >= 0.3 is 0 Å². The number of aryl methyl sites for hydroxylation is 1. The lowest BCUT2D eigenvalue weighted by atomic mass is 9.92. The second-order valence-corrected chi connectivity index (χ2v) is 9.86. The molecular formula is C26H28ClN2O4S-. The number of hydrogen-bond donors (Lipinski definition) is 1. The van der Waals surface area contributed by atoms with Gasteiger partial charge in [-0.2, -0.15) is 0 Å². The van der Waals surface area contributed by atoms with E-state index in [0.29, 0.717) is 23.7 Å². The molecule has 1 amide bonds. The van der Waals surface area contributed by atoms with Gasteiger partial charge in [0, 0.05) is 29.1 Å². The lowest BCUT2D eigenvalue weighted by Crippen LogP contribution is -2.27. The fourth-order valence-corrected chi connectivity index (χ4v) is 4.65. The van der Waals surface area contributed by atoms with Crippen LogP contribution in [0, 0.1) is 0 Å². The predicted molar refractivity (Wildman–Crippen MR) is 136 cm³/mol. The van der Waals surface area contributed by atoms with E-state index in [0.717, 1.165) is 35.1 Å². The summed E-state index contributed by atoms with van der Waals surface area (Å²) in [6.45, 7) is 2.86. The van der Waals surface area contributed by atoms with Gasteiger partial charge in [-0.3, -0.25) is 4.79 Å². The molecule has 0 saturated carbocycles. The molecule has 0 radical (unpaired) electrons.